The van der Waals surface area contributed by atoms with E-state index in [1.54, 1.807) is 6.07 Å². The molecule has 0 unspecified atom stereocenters. The molecular weight excluding hydrogens is 254 g/mol. The summed E-state index contributed by atoms with van der Waals surface area (Å²) in [5, 5.41) is 10.6. The molecule has 2 rings (SSSR count). The first kappa shape index (κ1) is 12.8. The predicted octanol–water partition coefficient (Wildman–Crippen LogP) is -0.327. The number of primary sulfonamides is 1. The number of amides is 1. The lowest BCUT2D eigenvalue weighted by Crippen LogP contribution is -2.31. The topological polar surface area (TPSA) is 101 Å². The van der Waals surface area contributed by atoms with E-state index < -0.39 is 10.0 Å². The fourth-order valence-electron chi connectivity index (χ4n) is 1.85. The van der Waals surface area contributed by atoms with Gasteiger partial charge in [-0.2, -0.15) is 0 Å². The molecule has 18 heavy (non-hydrogen) atoms. The highest BCUT2D eigenvalue weighted by atomic mass is 32.2. The second-order valence-corrected chi connectivity index (χ2v) is 5.91. The minimum absolute atomic E-state index is 0.0208. The molecule has 0 aromatic heterocycles. The number of benzene rings is 1. The van der Waals surface area contributed by atoms with Crippen LogP contribution in [0.15, 0.2) is 18.2 Å². The Kier molecular flexibility index (Phi) is 3.53. The van der Waals surface area contributed by atoms with Crippen LogP contribution in [-0.4, -0.2) is 33.2 Å². The summed E-state index contributed by atoms with van der Waals surface area (Å²) >= 11 is 0. The summed E-state index contributed by atoms with van der Waals surface area (Å²) in [6, 6.07) is 5.39. The zero-order valence-corrected chi connectivity index (χ0v) is 10.6. The zero-order valence-electron chi connectivity index (χ0n) is 9.77. The van der Waals surface area contributed by atoms with Crippen LogP contribution in [0, 0.1) is 0 Å². The smallest absolute Gasteiger partial charge is 0.251 e. The SMILES string of the molecule is NS(=O)(=O)CCNC(=O)c1ccc2c(c1)CCN2. The molecule has 0 radical (unpaired) electrons. The molecule has 0 fully saturated rings. The fraction of sp³-hybridized carbons (Fsp3) is 0.364. The van der Waals surface area contributed by atoms with Crippen LogP contribution in [0.5, 0.6) is 0 Å². The normalized spacial score (nSPS) is 13.8. The highest BCUT2D eigenvalue weighted by Crippen LogP contribution is 2.22. The van der Waals surface area contributed by atoms with Crippen molar-refractivity contribution in [1.29, 1.82) is 0 Å². The van der Waals surface area contributed by atoms with Gasteiger partial charge in [0.15, 0.2) is 0 Å². The van der Waals surface area contributed by atoms with Crippen molar-refractivity contribution in [3.05, 3.63) is 29.3 Å². The van der Waals surface area contributed by atoms with Crippen LogP contribution >= 0.6 is 0 Å². The van der Waals surface area contributed by atoms with Gasteiger partial charge in [-0.15, -0.1) is 0 Å². The Labute approximate surface area is 106 Å². The van der Waals surface area contributed by atoms with Gasteiger partial charge in [0.2, 0.25) is 10.0 Å². The number of anilines is 1. The maximum absolute atomic E-state index is 11.8. The van der Waals surface area contributed by atoms with Crippen molar-refractivity contribution < 1.29 is 13.2 Å². The molecule has 0 aliphatic carbocycles. The molecule has 4 N–H and O–H groups in total. The van der Waals surface area contributed by atoms with Crippen LogP contribution in [0.3, 0.4) is 0 Å². The number of hydrogen-bond donors (Lipinski definition) is 3. The van der Waals surface area contributed by atoms with Crippen molar-refractivity contribution in [3.63, 3.8) is 0 Å². The molecule has 1 heterocycles. The Hall–Kier alpha value is -1.60. The van der Waals surface area contributed by atoms with E-state index in [-0.39, 0.29) is 18.2 Å². The molecule has 0 saturated carbocycles. The van der Waals surface area contributed by atoms with Crippen molar-refractivity contribution in [2.45, 2.75) is 6.42 Å². The molecule has 6 nitrogen and oxygen atoms in total. The lowest BCUT2D eigenvalue weighted by Gasteiger charge is -2.06. The summed E-state index contributed by atoms with van der Waals surface area (Å²) in [7, 11) is -3.54. The van der Waals surface area contributed by atoms with Gasteiger partial charge in [-0.25, -0.2) is 13.6 Å². The zero-order chi connectivity index (χ0) is 13.2. The van der Waals surface area contributed by atoms with Gasteiger partial charge in [0.1, 0.15) is 0 Å². The number of carbonyl (C=O) groups is 1. The highest BCUT2D eigenvalue weighted by Gasteiger charge is 2.13. The number of rotatable bonds is 4. The summed E-state index contributed by atoms with van der Waals surface area (Å²) in [5.41, 5.74) is 2.69. The summed E-state index contributed by atoms with van der Waals surface area (Å²) in [4.78, 5) is 11.8. The van der Waals surface area contributed by atoms with Gasteiger partial charge in [0.25, 0.3) is 5.91 Å². The van der Waals surface area contributed by atoms with Crippen molar-refractivity contribution in [2.24, 2.45) is 5.14 Å². The summed E-state index contributed by atoms with van der Waals surface area (Å²) < 4.78 is 21.4. The van der Waals surface area contributed by atoms with Crippen LogP contribution < -0.4 is 15.8 Å². The quantitative estimate of drug-likeness (QED) is 0.696. The van der Waals surface area contributed by atoms with E-state index in [4.69, 9.17) is 5.14 Å². The van der Waals surface area contributed by atoms with Gasteiger partial charge in [0.05, 0.1) is 5.75 Å². The molecule has 0 spiro atoms. The first-order valence-electron chi connectivity index (χ1n) is 5.61. The van der Waals surface area contributed by atoms with Crippen LogP contribution in [-0.2, 0) is 16.4 Å². The van der Waals surface area contributed by atoms with Crippen LogP contribution in [0.2, 0.25) is 0 Å². The second-order valence-electron chi connectivity index (χ2n) is 4.17. The van der Waals surface area contributed by atoms with Gasteiger partial charge < -0.3 is 10.6 Å². The van der Waals surface area contributed by atoms with E-state index in [2.05, 4.69) is 10.6 Å². The van der Waals surface area contributed by atoms with Gasteiger partial charge in [0, 0.05) is 24.3 Å². The number of fused-ring (bicyclic) bond motifs is 1. The fourth-order valence-corrected chi connectivity index (χ4v) is 2.24. The van der Waals surface area contributed by atoms with E-state index in [0.717, 1.165) is 24.2 Å². The maximum atomic E-state index is 11.8. The molecule has 0 saturated heterocycles. The van der Waals surface area contributed by atoms with E-state index in [1.807, 2.05) is 12.1 Å². The molecule has 7 heteroatoms. The molecule has 0 bridgehead atoms. The van der Waals surface area contributed by atoms with Crippen molar-refractivity contribution in [1.82, 2.24) is 5.32 Å². The third-order valence-electron chi connectivity index (χ3n) is 2.75. The average molecular weight is 269 g/mol. The van der Waals surface area contributed by atoms with Gasteiger partial charge in [-0.3, -0.25) is 4.79 Å². The summed E-state index contributed by atoms with van der Waals surface area (Å²) in [5.74, 6) is -0.543. The number of nitrogens with one attached hydrogen (secondary N) is 2. The molecule has 0 atom stereocenters. The van der Waals surface area contributed by atoms with E-state index in [9.17, 15) is 13.2 Å². The number of hydrogen-bond acceptors (Lipinski definition) is 4. The number of carbonyl (C=O) groups excluding carboxylic acids is 1. The van der Waals surface area contributed by atoms with Crippen LogP contribution in [0.25, 0.3) is 0 Å². The molecular formula is C11H15N3O3S. The van der Waals surface area contributed by atoms with Crippen LogP contribution in [0.1, 0.15) is 15.9 Å². The molecule has 1 aliphatic heterocycles. The first-order valence-corrected chi connectivity index (χ1v) is 7.33. The van der Waals surface area contributed by atoms with E-state index in [0.29, 0.717) is 5.56 Å². The third kappa shape index (κ3) is 3.21. The molecule has 1 aromatic carbocycles. The summed E-state index contributed by atoms with van der Waals surface area (Å²) in [6.45, 7) is 0.902. The Morgan fingerprint density at radius 1 is 1.44 bits per heavy atom. The lowest BCUT2D eigenvalue weighted by molar-refractivity contribution is 0.0956. The molecule has 98 valence electrons. The van der Waals surface area contributed by atoms with Crippen LogP contribution in [0.4, 0.5) is 5.69 Å². The molecule has 1 amide bonds. The summed E-state index contributed by atoms with van der Waals surface area (Å²) in [6.07, 6.45) is 0.896. The van der Waals surface area contributed by atoms with E-state index in [1.165, 1.54) is 0 Å². The Balaban J connectivity index is 1.97. The largest absolute Gasteiger partial charge is 0.384 e. The first-order chi connectivity index (χ1) is 8.46. The molecule has 1 aromatic rings. The second kappa shape index (κ2) is 4.95. The van der Waals surface area contributed by atoms with E-state index >= 15 is 0 Å². The third-order valence-corrected chi connectivity index (χ3v) is 3.52. The minimum Gasteiger partial charge on any atom is -0.384 e. The van der Waals surface area contributed by atoms with Gasteiger partial charge >= 0.3 is 0 Å². The monoisotopic (exact) mass is 269 g/mol. The van der Waals surface area contributed by atoms with Crippen molar-refractivity contribution in [3.8, 4) is 0 Å². The highest BCUT2D eigenvalue weighted by molar-refractivity contribution is 7.89. The number of nitrogens with two attached hydrogens (primary N) is 1. The average Bonchev–Trinajstić information content (AvgIpc) is 2.73. The Morgan fingerprint density at radius 2 is 2.22 bits per heavy atom. The predicted molar refractivity (Wildman–Crippen MR) is 68.9 cm³/mol. The van der Waals surface area contributed by atoms with Gasteiger partial charge in [-0.05, 0) is 30.2 Å². The van der Waals surface area contributed by atoms with Crippen molar-refractivity contribution in [2.75, 3.05) is 24.2 Å². The maximum Gasteiger partial charge on any atom is 0.251 e. The number of sulfonamides is 1. The van der Waals surface area contributed by atoms with Crippen molar-refractivity contribution >= 4 is 21.6 Å². The minimum atomic E-state index is -3.54. The lowest BCUT2D eigenvalue weighted by atomic mass is 10.1. The Bertz CT molecular complexity index is 569. The van der Waals surface area contributed by atoms with Gasteiger partial charge in [-0.1, -0.05) is 0 Å². The standard InChI is InChI=1S/C11H15N3O3S/c12-18(16,17)6-5-14-11(15)9-1-2-10-8(7-9)3-4-13-10/h1-2,7,13H,3-6H2,(H,14,15)(H2,12,16,17). The Morgan fingerprint density at radius 3 is 2.94 bits per heavy atom. The molecule has 1 aliphatic rings.